The van der Waals surface area contributed by atoms with Crippen LogP contribution in [-0.4, -0.2) is 89.8 Å². The lowest BCUT2D eigenvalue weighted by molar-refractivity contribution is -0.440. The van der Waals surface area contributed by atoms with Gasteiger partial charge in [-0.25, -0.2) is 4.79 Å². The highest BCUT2D eigenvalue weighted by molar-refractivity contribution is 6.60. The molecule has 0 unspecified atom stereocenters. The maximum absolute atomic E-state index is 14.2. The summed E-state index contributed by atoms with van der Waals surface area (Å²) in [4.78, 5) is 30.7. The number of carbonyl (C=O) groups excluding carboxylic acids is 1. The van der Waals surface area contributed by atoms with Gasteiger partial charge in [0.25, 0.3) is 5.56 Å². The summed E-state index contributed by atoms with van der Waals surface area (Å²) in [5, 5.41) is -0.0110. The van der Waals surface area contributed by atoms with Crippen LogP contribution < -0.4 is 19.9 Å². The number of aromatic nitrogens is 1. The smallest absolute Gasteiger partial charge is 0.494 e. The lowest BCUT2D eigenvalue weighted by atomic mass is 9.93. The second-order valence-electron chi connectivity index (χ2n) is 13.8. The number of fused-ring (bicyclic) bond motifs is 1. The molecule has 2 aromatic carbocycles. The Labute approximate surface area is 342 Å². The van der Waals surface area contributed by atoms with Crippen LogP contribution in [0.2, 0.25) is 6.04 Å². The lowest BCUT2D eigenvalue weighted by Crippen LogP contribution is -2.70. The van der Waals surface area contributed by atoms with E-state index < -0.39 is 74.9 Å². The molecule has 0 bridgehead atoms. The summed E-state index contributed by atoms with van der Waals surface area (Å²) in [6.07, 6.45) is -0.739. The van der Waals surface area contributed by atoms with Gasteiger partial charge in [0.05, 0.1) is 30.7 Å². The summed E-state index contributed by atoms with van der Waals surface area (Å²) < 4.78 is 201. The Morgan fingerprint density at radius 1 is 0.574 bits per heavy atom. The minimum Gasteiger partial charge on any atom is -0.494 e. The Balaban J connectivity index is 1.49. The van der Waals surface area contributed by atoms with Gasteiger partial charge < -0.3 is 27.6 Å². The number of hydrogen-bond acceptors (Lipinski definition) is 8. The minimum atomic E-state index is -8.00. The number of alkyl halides is 13. The highest BCUT2D eigenvalue weighted by atomic mass is 28.4. The number of carbonyl (C=O) groups is 1. The number of benzene rings is 2. The molecule has 0 N–H and O–H groups in total. The van der Waals surface area contributed by atoms with Gasteiger partial charge in [0.1, 0.15) is 11.5 Å². The van der Waals surface area contributed by atoms with E-state index in [0.29, 0.717) is 17.1 Å². The van der Waals surface area contributed by atoms with Gasteiger partial charge in [-0.2, -0.15) is 57.1 Å². The normalized spacial score (nSPS) is 13.4. The van der Waals surface area contributed by atoms with Crippen molar-refractivity contribution in [1.29, 1.82) is 0 Å². The van der Waals surface area contributed by atoms with Gasteiger partial charge in [0.2, 0.25) is 0 Å². The lowest BCUT2D eigenvalue weighted by Gasteiger charge is -2.39. The number of halogens is 13. The largest absolute Gasteiger partial charge is 0.500 e. The van der Waals surface area contributed by atoms with Crippen molar-refractivity contribution in [1.82, 2.24) is 4.73 Å². The summed E-state index contributed by atoms with van der Waals surface area (Å²) in [7, 11) is 2.28. The third-order valence-corrected chi connectivity index (χ3v) is 12.4. The molecule has 0 saturated heterocycles. The number of unbranched alkanes of at least 4 members (excludes halogenated alkanes) is 8. The first-order valence-corrected chi connectivity index (χ1v) is 20.6. The Morgan fingerprint density at radius 3 is 1.61 bits per heavy atom. The predicted octanol–water partition coefficient (Wildman–Crippen LogP) is 10.5. The molecule has 0 aliphatic carbocycles. The number of pyridine rings is 1. The zero-order chi connectivity index (χ0) is 45.9. The van der Waals surface area contributed by atoms with Crippen molar-refractivity contribution >= 4 is 25.7 Å². The number of ether oxygens (including phenoxy) is 2. The Bertz CT molecular complexity index is 1920. The molecule has 3 aromatic rings. The molecule has 0 radical (unpaired) electrons. The van der Waals surface area contributed by atoms with E-state index in [1.165, 1.54) is 24.3 Å². The molecule has 61 heavy (non-hydrogen) atoms. The average molecular weight is 918 g/mol. The van der Waals surface area contributed by atoms with Crippen molar-refractivity contribution in [2.45, 2.75) is 106 Å². The van der Waals surface area contributed by atoms with Crippen LogP contribution in [0, 0.1) is 0 Å². The van der Waals surface area contributed by atoms with Crippen LogP contribution >= 0.6 is 0 Å². The Hall–Kier alpha value is -4.09. The summed E-state index contributed by atoms with van der Waals surface area (Å²) in [5.41, 5.74) is -1.000. The molecule has 0 atom stereocenters. The van der Waals surface area contributed by atoms with Crippen LogP contribution in [0.1, 0.15) is 74.6 Å². The number of rotatable bonds is 26. The molecule has 0 saturated carbocycles. The van der Waals surface area contributed by atoms with E-state index in [1.807, 2.05) is 0 Å². The molecular weight excluding hydrogens is 873 g/mol. The average Bonchev–Trinajstić information content (AvgIpc) is 3.20. The van der Waals surface area contributed by atoms with Gasteiger partial charge in [-0.15, -0.1) is 4.73 Å². The fourth-order valence-electron chi connectivity index (χ4n) is 5.89. The number of nitrogens with zero attached hydrogens (tertiary/aromatic N) is 1. The van der Waals surface area contributed by atoms with E-state index in [0.717, 1.165) is 94.2 Å². The van der Waals surface area contributed by atoms with E-state index in [1.54, 1.807) is 21.3 Å². The quantitative estimate of drug-likeness (QED) is 0.0447. The van der Waals surface area contributed by atoms with E-state index in [2.05, 4.69) is 0 Å². The molecule has 0 aliphatic heterocycles. The second-order valence-corrected chi connectivity index (χ2v) is 16.9. The van der Waals surface area contributed by atoms with Crippen molar-refractivity contribution < 1.29 is 89.5 Å². The molecule has 0 aliphatic rings. The van der Waals surface area contributed by atoms with E-state index in [9.17, 15) is 66.7 Å². The van der Waals surface area contributed by atoms with Crippen LogP contribution in [0.25, 0.3) is 10.9 Å². The third-order valence-electron chi connectivity index (χ3n) is 9.60. The second kappa shape index (κ2) is 20.9. The van der Waals surface area contributed by atoms with Crippen molar-refractivity contribution in [3.63, 3.8) is 0 Å². The Kier molecular flexibility index (Phi) is 17.5. The fourth-order valence-corrected chi connectivity index (χ4v) is 7.68. The highest BCUT2D eigenvalue weighted by Gasteiger charge is 2.90. The van der Waals surface area contributed by atoms with Crippen molar-refractivity contribution in [3.8, 4) is 11.5 Å². The molecule has 0 fully saturated rings. The van der Waals surface area contributed by atoms with Crippen LogP contribution in [0.5, 0.6) is 11.5 Å². The predicted molar refractivity (Wildman–Crippen MR) is 195 cm³/mol. The maximum atomic E-state index is 14.2. The monoisotopic (exact) mass is 917 g/mol. The van der Waals surface area contributed by atoms with Crippen molar-refractivity contribution in [2.24, 2.45) is 0 Å². The molecule has 0 amide bonds. The summed E-state index contributed by atoms with van der Waals surface area (Å²) in [6.45, 7) is -1.24. The first kappa shape index (κ1) is 51.3. The maximum Gasteiger partial charge on any atom is 0.500 e. The topological polar surface area (TPSA) is 94.5 Å². The molecule has 1 heterocycles. The SMILES string of the molecule is CO[Si](CCCCCCCCCCCOc1ccc(C(=O)On2c(=O)ccc3cc(OCCC(F)(F)C(F)(F)C(F)(F)C(F)(F)C(F)(F)C(F)(F)F)ccc32)cc1)(OC)OC. The fraction of sp³-hybridized carbons (Fsp3) is 0.579. The van der Waals surface area contributed by atoms with Gasteiger partial charge in [-0.1, -0.05) is 44.9 Å². The third kappa shape index (κ3) is 11.9. The van der Waals surface area contributed by atoms with Gasteiger partial charge >= 0.3 is 50.6 Å². The van der Waals surface area contributed by atoms with Crippen molar-refractivity contribution in [2.75, 3.05) is 34.5 Å². The molecule has 1 aromatic heterocycles. The van der Waals surface area contributed by atoms with Crippen molar-refractivity contribution in [3.05, 3.63) is 70.5 Å². The standard InChI is InChI=1S/C38H44F13NO8Si/c1-55-61(56-2,57-3)24-12-10-8-6-4-5-7-9-11-22-58-28-16-13-26(14-17-28)32(54)60-52-30-19-18-29(25-27(30)15-20-31(52)53)59-23-21-33(39,40)34(41,42)35(43,44)36(45,46)37(47,48)38(49,50)51/h13-20,25H,4-12,21-24H2,1-3H3. The van der Waals surface area contributed by atoms with Crippen LogP contribution in [0.15, 0.2) is 59.4 Å². The molecule has 344 valence electrons. The van der Waals surface area contributed by atoms with Gasteiger partial charge in [0, 0.05) is 38.8 Å². The number of hydrogen-bond donors (Lipinski definition) is 0. The summed E-state index contributed by atoms with van der Waals surface area (Å²) in [6, 6.07) is 11.5. The van der Waals surface area contributed by atoms with Gasteiger partial charge in [-0.3, -0.25) is 4.79 Å². The van der Waals surface area contributed by atoms with E-state index >= 15 is 0 Å². The molecule has 9 nitrogen and oxygen atoms in total. The highest BCUT2D eigenvalue weighted by Crippen LogP contribution is 2.60. The minimum absolute atomic E-state index is 0.00288. The summed E-state index contributed by atoms with van der Waals surface area (Å²) >= 11 is 0. The van der Waals surface area contributed by atoms with Gasteiger partial charge in [0.15, 0.2) is 0 Å². The van der Waals surface area contributed by atoms with E-state index in [-0.39, 0.29) is 16.5 Å². The zero-order valence-corrected chi connectivity index (χ0v) is 34.0. The molecule has 23 heteroatoms. The summed E-state index contributed by atoms with van der Waals surface area (Å²) in [5.74, 6) is -38.5. The Morgan fingerprint density at radius 2 is 1.07 bits per heavy atom. The van der Waals surface area contributed by atoms with Crippen LogP contribution in [-0.2, 0) is 13.3 Å². The van der Waals surface area contributed by atoms with Crippen LogP contribution in [0.4, 0.5) is 57.1 Å². The molecule has 0 spiro atoms. The first-order chi connectivity index (χ1) is 28.3. The first-order valence-electron chi connectivity index (χ1n) is 18.7. The van der Waals surface area contributed by atoms with Gasteiger partial charge in [-0.05, 0) is 61.4 Å². The van der Waals surface area contributed by atoms with E-state index in [4.69, 9.17) is 27.6 Å². The van der Waals surface area contributed by atoms with Crippen LogP contribution in [0.3, 0.4) is 0 Å². The molecular formula is C38H44F13NO8Si. The molecule has 3 rings (SSSR count). The zero-order valence-electron chi connectivity index (χ0n) is 33.0.